The Morgan fingerprint density at radius 1 is 0.789 bits per heavy atom. The summed E-state index contributed by atoms with van der Waals surface area (Å²) in [5.74, 6) is -0.616. The van der Waals surface area contributed by atoms with Crippen LogP contribution in [0.3, 0.4) is 0 Å². The van der Waals surface area contributed by atoms with Crippen LogP contribution in [0.15, 0.2) is 115 Å². The lowest BCUT2D eigenvalue weighted by Gasteiger charge is -2.26. The Morgan fingerprint density at radius 3 is 2.03 bits per heavy atom. The van der Waals surface area contributed by atoms with Crippen LogP contribution in [0.5, 0.6) is 11.5 Å². The van der Waals surface area contributed by atoms with E-state index in [1.807, 2.05) is 66.7 Å². The summed E-state index contributed by atoms with van der Waals surface area (Å²) in [6.45, 7) is 0.563. The first-order chi connectivity index (χ1) is 18.6. The Labute approximate surface area is 221 Å². The van der Waals surface area contributed by atoms with Gasteiger partial charge < -0.3 is 19.5 Å². The molecule has 5 rings (SSSR count). The van der Waals surface area contributed by atoms with E-state index in [0.29, 0.717) is 29.2 Å². The Kier molecular flexibility index (Phi) is 7.22. The number of methoxy groups -OCH3 is 1. The van der Waals surface area contributed by atoms with Gasteiger partial charge in [0.15, 0.2) is 11.5 Å². The zero-order chi connectivity index (χ0) is 26.5. The molecule has 0 aliphatic carbocycles. The monoisotopic (exact) mass is 505 g/mol. The Balaban J connectivity index is 1.56. The molecule has 1 amide bonds. The van der Waals surface area contributed by atoms with Crippen molar-refractivity contribution >= 4 is 17.4 Å². The van der Waals surface area contributed by atoms with Gasteiger partial charge in [-0.15, -0.1) is 0 Å². The number of hydrogen-bond donors (Lipinski definition) is 1. The molecule has 1 unspecified atom stereocenters. The van der Waals surface area contributed by atoms with Gasteiger partial charge in [-0.3, -0.25) is 9.59 Å². The predicted octanol–water partition coefficient (Wildman–Crippen LogP) is 5.90. The minimum absolute atomic E-state index is 0.0390. The molecule has 0 saturated carbocycles. The number of carbonyl (C=O) groups excluding carboxylic acids is 2. The zero-order valence-electron chi connectivity index (χ0n) is 20.9. The Morgan fingerprint density at radius 2 is 1.39 bits per heavy atom. The molecular weight excluding hydrogens is 478 g/mol. The Bertz CT molecular complexity index is 1470. The average molecular weight is 506 g/mol. The van der Waals surface area contributed by atoms with Crippen molar-refractivity contribution in [3.63, 3.8) is 0 Å². The average Bonchev–Trinajstić information content (AvgIpc) is 3.22. The highest BCUT2D eigenvalue weighted by molar-refractivity contribution is 6.46. The fourth-order valence-corrected chi connectivity index (χ4v) is 4.63. The molecule has 4 aromatic carbocycles. The molecule has 1 atom stereocenters. The number of aliphatic hydroxyl groups excluding tert-OH is 1. The second-order valence-corrected chi connectivity index (χ2v) is 8.96. The van der Waals surface area contributed by atoms with E-state index in [-0.39, 0.29) is 17.9 Å². The minimum Gasteiger partial charge on any atom is -0.507 e. The first-order valence-electron chi connectivity index (χ1n) is 12.3. The fourth-order valence-electron chi connectivity index (χ4n) is 4.63. The zero-order valence-corrected chi connectivity index (χ0v) is 20.9. The van der Waals surface area contributed by atoms with Crippen molar-refractivity contribution in [3.8, 4) is 11.5 Å². The van der Waals surface area contributed by atoms with Crippen molar-refractivity contribution in [1.29, 1.82) is 0 Å². The number of aliphatic hydroxyl groups is 1. The van der Waals surface area contributed by atoms with Gasteiger partial charge in [-0.05, 0) is 28.8 Å². The summed E-state index contributed by atoms with van der Waals surface area (Å²) in [4.78, 5) is 28.1. The van der Waals surface area contributed by atoms with Gasteiger partial charge in [-0.2, -0.15) is 0 Å². The third kappa shape index (κ3) is 5.02. The van der Waals surface area contributed by atoms with E-state index in [9.17, 15) is 14.7 Å². The summed E-state index contributed by atoms with van der Waals surface area (Å²) in [5.41, 5.74) is 3.01. The lowest BCUT2D eigenvalue weighted by molar-refractivity contribution is -0.140. The molecular formula is C32H27NO5. The molecule has 4 aromatic rings. The molecule has 6 heteroatoms. The quantitative estimate of drug-likeness (QED) is 0.183. The number of ether oxygens (including phenoxy) is 2. The lowest BCUT2D eigenvalue weighted by Crippen LogP contribution is -2.29. The van der Waals surface area contributed by atoms with E-state index in [1.54, 1.807) is 49.6 Å². The van der Waals surface area contributed by atoms with Crippen LogP contribution >= 0.6 is 0 Å². The van der Waals surface area contributed by atoms with E-state index < -0.39 is 17.7 Å². The summed E-state index contributed by atoms with van der Waals surface area (Å²) >= 11 is 0. The molecule has 0 bridgehead atoms. The van der Waals surface area contributed by atoms with Crippen LogP contribution < -0.4 is 9.47 Å². The molecule has 0 radical (unpaired) electrons. The van der Waals surface area contributed by atoms with Crippen molar-refractivity contribution in [3.05, 3.63) is 137 Å². The van der Waals surface area contributed by atoms with Crippen LogP contribution in [0.25, 0.3) is 5.76 Å². The van der Waals surface area contributed by atoms with Gasteiger partial charge in [-0.1, -0.05) is 97.1 Å². The number of Topliss-reactive ketones (excluding diaryl/α,β-unsaturated/α-hetero) is 1. The lowest BCUT2D eigenvalue weighted by atomic mass is 9.95. The molecule has 38 heavy (non-hydrogen) atoms. The number of amides is 1. The predicted molar refractivity (Wildman–Crippen MR) is 144 cm³/mol. The van der Waals surface area contributed by atoms with E-state index in [1.165, 1.54) is 4.90 Å². The summed E-state index contributed by atoms with van der Waals surface area (Å²) in [7, 11) is 1.54. The first-order valence-corrected chi connectivity index (χ1v) is 12.3. The van der Waals surface area contributed by atoms with Gasteiger partial charge in [0, 0.05) is 12.1 Å². The second-order valence-electron chi connectivity index (χ2n) is 8.96. The number of nitrogens with zero attached hydrogens (tertiary/aromatic N) is 1. The van der Waals surface area contributed by atoms with E-state index in [0.717, 1.165) is 11.1 Å². The topological polar surface area (TPSA) is 76.1 Å². The maximum absolute atomic E-state index is 13.3. The standard InChI is InChI=1S/C32H27NO5/c1-37-27-19-25(17-18-26(27)38-21-23-13-7-3-8-14-23)29-28(30(34)24-15-9-4-10-16-24)31(35)32(36)33(29)20-22-11-5-2-6-12-22/h2-19,29,34H,20-21H2,1H3. The third-order valence-electron chi connectivity index (χ3n) is 6.52. The van der Waals surface area contributed by atoms with Crippen LogP contribution in [0.1, 0.15) is 28.3 Å². The molecule has 0 aromatic heterocycles. The number of rotatable bonds is 8. The van der Waals surface area contributed by atoms with Crippen LogP contribution in [-0.2, 0) is 22.7 Å². The molecule has 0 spiro atoms. The smallest absolute Gasteiger partial charge is 0.295 e. The fraction of sp³-hybridized carbons (Fsp3) is 0.125. The van der Waals surface area contributed by atoms with Crippen LogP contribution in [-0.4, -0.2) is 28.8 Å². The summed E-state index contributed by atoms with van der Waals surface area (Å²) < 4.78 is 11.6. The number of ketones is 1. The van der Waals surface area contributed by atoms with Crippen molar-refractivity contribution in [2.75, 3.05) is 7.11 Å². The first kappa shape index (κ1) is 24.8. The Hall–Kier alpha value is -4.84. The molecule has 1 N–H and O–H groups in total. The van der Waals surface area contributed by atoms with Crippen molar-refractivity contribution in [2.45, 2.75) is 19.2 Å². The van der Waals surface area contributed by atoms with Gasteiger partial charge in [0.25, 0.3) is 11.7 Å². The van der Waals surface area contributed by atoms with Gasteiger partial charge in [0.1, 0.15) is 12.4 Å². The van der Waals surface area contributed by atoms with Crippen LogP contribution in [0.4, 0.5) is 0 Å². The highest BCUT2D eigenvalue weighted by Gasteiger charge is 2.46. The second kappa shape index (κ2) is 11.0. The van der Waals surface area contributed by atoms with Crippen molar-refractivity contribution in [1.82, 2.24) is 4.90 Å². The van der Waals surface area contributed by atoms with Crippen LogP contribution in [0.2, 0.25) is 0 Å². The highest BCUT2D eigenvalue weighted by atomic mass is 16.5. The van der Waals surface area contributed by atoms with E-state index in [2.05, 4.69) is 0 Å². The summed E-state index contributed by atoms with van der Waals surface area (Å²) in [6.07, 6.45) is 0. The minimum atomic E-state index is -0.813. The largest absolute Gasteiger partial charge is 0.507 e. The molecule has 1 fully saturated rings. The van der Waals surface area contributed by atoms with Crippen molar-refractivity contribution < 1.29 is 24.2 Å². The maximum atomic E-state index is 13.3. The van der Waals surface area contributed by atoms with E-state index >= 15 is 0 Å². The molecule has 190 valence electrons. The number of benzene rings is 4. The normalized spacial score (nSPS) is 16.4. The third-order valence-corrected chi connectivity index (χ3v) is 6.52. The number of hydrogen-bond acceptors (Lipinski definition) is 5. The van der Waals surface area contributed by atoms with Gasteiger partial charge >= 0.3 is 0 Å². The molecule has 1 aliphatic heterocycles. The molecule has 1 heterocycles. The number of likely N-dealkylation sites (tertiary alicyclic amines) is 1. The number of carbonyl (C=O) groups is 2. The summed E-state index contributed by atoms with van der Waals surface area (Å²) in [5, 5.41) is 11.2. The maximum Gasteiger partial charge on any atom is 0.295 e. The molecule has 6 nitrogen and oxygen atoms in total. The van der Waals surface area contributed by atoms with E-state index in [4.69, 9.17) is 9.47 Å². The molecule has 1 aliphatic rings. The van der Waals surface area contributed by atoms with Gasteiger partial charge in [0.2, 0.25) is 0 Å². The highest BCUT2D eigenvalue weighted by Crippen LogP contribution is 2.42. The SMILES string of the molecule is COc1cc(C2C(=C(O)c3ccccc3)C(=O)C(=O)N2Cc2ccccc2)ccc1OCc1ccccc1. The van der Waals surface area contributed by atoms with Gasteiger partial charge in [-0.25, -0.2) is 0 Å². The van der Waals surface area contributed by atoms with Crippen molar-refractivity contribution in [2.24, 2.45) is 0 Å². The summed E-state index contributed by atoms with van der Waals surface area (Å²) in [6, 6.07) is 32.5. The van der Waals surface area contributed by atoms with Crippen LogP contribution in [0, 0.1) is 0 Å². The molecule has 1 saturated heterocycles. The van der Waals surface area contributed by atoms with Gasteiger partial charge in [0.05, 0.1) is 18.7 Å².